The summed E-state index contributed by atoms with van der Waals surface area (Å²) < 4.78 is 16.0. The Balaban J connectivity index is 1.98. The molecule has 2 aromatic rings. The Morgan fingerprint density at radius 1 is 1.31 bits per heavy atom. The van der Waals surface area contributed by atoms with Crippen molar-refractivity contribution in [3.63, 3.8) is 0 Å². The van der Waals surface area contributed by atoms with E-state index < -0.39 is 5.97 Å². The number of carboxylic acid groups (broad SMARTS) is 1. The van der Waals surface area contributed by atoms with Crippen molar-refractivity contribution in [2.45, 2.75) is 13.5 Å². The van der Waals surface area contributed by atoms with Crippen LogP contribution in [0.2, 0.25) is 0 Å². The van der Waals surface area contributed by atoms with Crippen LogP contribution >= 0.6 is 0 Å². The smallest absolute Gasteiger partial charge is 0.339 e. The molecule has 1 N–H and O–H groups in total. The summed E-state index contributed by atoms with van der Waals surface area (Å²) in [4.78, 5) is 24.6. The highest BCUT2D eigenvalue weighted by atomic mass is 16.5. The number of rotatable bonds is 7. The van der Waals surface area contributed by atoms with Crippen molar-refractivity contribution in [1.29, 1.82) is 5.26 Å². The molecule has 0 fully saturated rings. The third-order valence-corrected chi connectivity index (χ3v) is 3.66. The van der Waals surface area contributed by atoms with Crippen molar-refractivity contribution in [3.8, 4) is 17.6 Å². The third kappa shape index (κ3) is 4.33. The molecule has 0 radical (unpaired) electrons. The number of ether oxygens (including phenoxy) is 2. The quantitative estimate of drug-likeness (QED) is 0.807. The van der Waals surface area contributed by atoms with Crippen LogP contribution in [0.15, 0.2) is 28.7 Å². The standard InChI is InChI=1S/C18H18N2O6/c1-11-14(18(22)23)7-13(26-11)9-20(2)17(21)10-25-15-5-4-12(8-19)6-16(15)24-3/h4-7H,9-10H2,1-3H3,(H,22,23). The Morgan fingerprint density at radius 2 is 2.04 bits per heavy atom. The molecule has 0 bridgehead atoms. The van der Waals surface area contributed by atoms with E-state index in [0.29, 0.717) is 22.8 Å². The maximum Gasteiger partial charge on any atom is 0.339 e. The summed E-state index contributed by atoms with van der Waals surface area (Å²) >= 11 is 0. The van der Waals surface area contributed by atoms with Crippen LogP contribution in [0.25, 0.3) is 0 Å². The maximum absolute atomic E-state index is 12.2. The van der Waals surface area contributed by atoms with Crippen molar-refractivity contribution in [1.82, 2.24) is 4.90 Å². The Morgan fingerprint density at radius 3 is 2.62 bits per heavy atom. The number of likely N-dealkylation sites (N-methyl/N-ethyl adjacent to an activating group) is 1. The number of furan rings is 1. The van der Waals surface area contributed by atoms with E-state index in [-0.39, 0.29) is 30.4 Å². The monoisotopic (exact) mass is 358 g/mol. The minimum atomic E-state index is -1.08. The number of aromatic carboxylic acids is 1. The van der Waals surface area contributed by atoms with Crippen molar-refractivity contribution < 1.29 is 28.6 Å². The summed E-state index contributed by atoms with van der Waals surface area (Å²) in [6.45, 7) is 1.42. The zero-order valence-electron chi connectivity index (χ0n) is 14.6. The van der Waals surface area contributed by atoms with Gasteiger partial charge in [-0.15, -0.1) is 0 Å². The van der Waals surface area contributed by atoms with Crippen LogP contribution in [0.3, 0.4) is 0 Å². The van der Waals surface area contributed by atoms with Crippen LogP contribution in [-0.2, 0) is 11.3 Å². The van der Waals surface area contributed by atoms with Gasteiger partial charge in [0.25, 0.3) is 5.91 Å². The van der Waals surface area contributed by atoms with Gasteiger partial charge in [-0.1, -0.05) is 0 Å². The lowest BCUT2D eigenvalue weighted by molar-refractivity contribution is -0.132. The molecule has 0 saturated carbocycles. The molecule has 26 heavy (non-hydrogen) atoms. The van der Waals surface area contributed by atoms with Gasteiger partial charge < -0.3 is 23.9 Å². The second-order valence-corrected chi connectivity index (χ2v) is 5.50. The SMILES string of the molecule is COc1cc(C#N)ccc1OCC(=O)N(C)Cc1cc(C(=O)O)c(C)o1. The summed E-state index contributed by atoms with van der Waals surface area (Å²) in [5.74, 6) is -0.0637. The van der Waals surface area contributed by atoms with Gasteiger partial charge in [0.1, 0.15) is 17.1 Å². The molecule has 0 spiro atoms. The summed E-state index contributed by atoms with van der Waals surface area (Å²) in [5.41, 5.74) is 0.486. The summed E-state index contributed by atoms with van der Waals surface area (Å²) in [6.07, 6.45) is 0. The van der Waals surface area contributed by atoms with Gasteiger partial charge in [0.15, 0.2) is 18.1 Å². The number of carbonyl (C=O) groups excluding carboxylic acids is 1. The number of nitriles is 1. The van der Waals surface area contributed by atoms with Crippen molar-refractivity contribution in [2.75, 3.05) is 20.8 Å². The first-order valence-corrected chi connectivity index (χ1v) is 7.63. The number of carbonyl (C=O) groups is 2. The Bertz CT molecular complexity index is 865. The van der Waals surface area contributed by atoms with Crippen LogP contribution in [0.4, 0.5) is 0 Å². The van der Waals surface area contributed by atoms with E-state index >= 15 is 0 Å². The van der Waals surface area contributed by atoms with Crippen molar-refractivity contribution in [2.24, 2.45) is 0 Å². The van der Waals surface area contributed by atoms with Gasteiger partial charge in [0.05, 0.1) is 25.3 Å². The Labute approximate surface area is 150 Å². The van der Waals surface area contributed by atoms with Crippen LogP contribution in [0.1, 0.15) is 27.4 Å². The van der Waals surface area contributed by atoms with Crippen LogP contribution in [0.5, 0.6) is 11.5 Å². The fourth-order valence-corrected chi connectivity index (χ4v) is 2.26. The molecular formula is C18H18N2O6. The molecule has 8 nitrogen and oxygen atoms in total. The highest BCUT2D eigenvalue weighted by molar-refractivity contribution is 5.88. The molecule has 8 heteroatoms. The molecule has 0 atom stereocenters. The first-order chi connectivity index (χ1) is 12.3. The van der Waals surface area contributed by atoms with E-state index in [9.17, 15) is 9.59 Å². The van der Waals surface area contributed by atoms with E-state index in [0.717, 1.165) is 0 Å². The molecule has 0 aliphatic carbocycles. The highest BCUT2D eigenvalue weighted by Crippen LogP contribution is 2.27. The minimum Gasteiger partial charge on any atom is -0.493 e. The number of amides is 1. The fraction of sp³-hybridized carbons (Fsp3) is 0.278. The predicted molar refractivity (Wildman–Crippen MR) is 90.1 cm³/mol. The number of aryl methyl sites for hydroxylation is 1. The van der Waals surface area contributed by atoms with Gasteiger partial charge in [0, 0.05) is 13.1 Å². The van der Waals surface area contributed by atoms with Gasteiger partial charge in [-0.05, 0) is 25.1 Å². The number of benzene rings is 1. The van der Waals surface area contributed by atoms with E-state index in [4.69, 9.17) is 24.3 Å². The second-order valence-electron chi connectivity index (χ2n) is 5.50. The van der Waals surface area contributed by atoms with E-state index in [2.05, 4.69) is 0 Å². The zero-order chi connectivity index (χ0) is 19.3. The maximum atomic E-state index is 12.2. The number of methoxy groups -OCH3 is 1. The zero-order valence-corrected chi connectivity index (χ0v) is 14.6. The van der Waals surface area contributed by atoms with Gasteiger partial charge in [-0.3, -0.25) is 4.79 Å². The van der Waals surface area contributed by atoms with Gasteiger partial charge in [0.2, 0.25) is 0 Å². The first-order valence-electron chi connectivity index (χ1n) is 7.63. The molecule has 1 aromatic heterocycles. The molecule has 0 saturated heterocycles. The molecule has 1 amide bonds. The molecule has 0 unspecified atom stereocenters. The van der Waals surface area contributed by atoms with E-state index in [1.807, 2.05) is 6.07 Å². The molecule has 0 aliphatic heterocycles. The van der Waals surface area contributed by atoms with Crippen molar-refractivity contribution >= 4 is 11.9 Å². The Kier molecular flexibility index (Phi) is 5.86. The highest BCUT2D eigenvalue weighted by Gasteiger charge is 2.17. The number of hydrogen-bond acceptors (Lipinski definition) is 6. The fourth-order valence-electron chi connectivity index (χ4n) is 2.26. The number of nitrogens with zero attached hydrogens (tertiary/aromatic N) is 2. The molecule has 1 heterocycles. The van der Waals surface area contributed by atoms with Crippen LogP contribution in [-0.4, -0.2) is 42.6 Å². The predicted octanol–water partition coefficient (Wildman–Crippen LogP) is 2.20. The molecule has 2 rings (SSSR count). The Hall–Kier alpha value is -3.47. The minimum absolute atomic E-state index is 0.0689. The number of carboxylic acids is 1. The lowest BCUT2D eigenvalue weighted by Crippen LogP contribution is -2.30. The van der Waals surface area contributed by atoms with Crippen LogP contribution < -0.4 is 9.47 Å². The topological polar surface area (TPSA) is 113 Å². The summed E-state index contributed by atoms with van der Waals surface area (Å²) in [5, 5.41) is 17.9. The molecule has 136 valence electrons. The van der Waals surface area contributed by atoms with Crippen molar-refractivity contribution in [3.05, 3.63) is 46.9 Å². The molecular weight excluding hydrogens is 340 g/mol. The lowest BCUT2D eigenvalue weighted by Gasteiger charge is -2.17. The average Bonchev–Trinajstić information content (AvgIpc) is 2.99. The van der Waals surface area contributed by atoms with E-state index in [1.165, 1.54) is 24.1 Å². The first kappa shape index (κ1) is 18.9. The second kappa shape index (κ2) is 8.07. The summed E-state index contributed by atoms with van der Waals surface area (Å²) in [7, 11) is 3.00. The molecule has 0 aliphatic rings. The van der Waals surface area contributed by atoms with Gasteiger partial charge in [-0.25, -0.2) is 4.79 Å². The normalized spacial score (nSPS) is 10.1. The average molecular weight is 358 g/mol. The van der Waals surface area contributed by atoms with Crippen LogP contribution in [0, 0.1) is 18.3 Å². The summed E-state index contributed by atoms with van der Waals surface area (Å²) in [6, 6.07) is 8.02. The lowest BCUT2D eigenvalue weighted by atomic mass is 10.2. The third-order valence-electron chi connectivity index (χ3n) is 3.66. The van der Waals surface area contributed by atoms with Gasteiger partial charge in [-0.2, -0.15) is 5.26 Å². The number of hydrogen-bond donors (Lipinski definition) is 1. The molecule has 1 aromatic carbocycles. The van der Waals surface area contributed by atoms with E-state index in [1.54, 1.807) is 26.1 Å². The largest absolute Gasteiger partial charge is 0.493 e. The van der Waals surface area contributed by atoms with Gasteiger partial charge >= 0.3 is 5.97 Å².